The van der Waals surface area contributed by atoms with Gasteiger partial charge in [-0.1, -0.05) is 0 Å². The third-order valence-electron chi connectivity index (χ3n) is 7.64. The van der Waals surface area contributed by atoms with Gasteiger partial charge in [-0.2, -0.15) is 5.10 Å². The van der Waals surface area contributed by atoms with Gasteiger partial charge in [0.05, 0.1) is 35.9 Å². The van der Waals surface area contributed by atoms with Crippen molar-refractivity contribution in [2.24, 2.45) is 5.92 Å². The summed E-state index contributed by atoms with van der Waals surface area (Å²) in [6.07, 6.45) is 8.95. The molecule has 35 heavy (non-hydrogen) atoms. The number of aromatic nitrogens is 4. The minimum atomic E-state index is -0.695. The van der Waals surface area contributed by atoms with E-state index in [2.05, 4.69) is 15.7 Å². The van der Waals surface area contributed by atoms with E-state index in [4.69, 9.17) is 9.72 Å². The van der Waals surface area contributed by atoms with E-state index in [1.54, 1.807) is 4.90 Å². The number of hydrogen-bond donors (Lipinski definition) is 1. The number of benzene rings is 1. The Bertz CT molecular complexity index is 1250. The second-order valence-corrected chi connectivity index (χ2v) is 9.93. The minimum absolute atomic E-state index is 0.0586. The number of imidazole rings is 1. The van der Waals surface area contributed by atoms with Crippen molar-refractivity contribution < 1.29 is 19.4 Å². The van der Waals surface area contributed by atoms with E-state index < -0.39 is 5.97 Å². The van der Waals surface area contributed by atoms with Gasteiger partial charge in [0.25, 0.3) is 0 Å². The Hall–Kier alpha value is -3.36. The van der Waals surface area contributed by atoms with Gasteiger partial charge < -0.3 is 14.4 Å². The first-order valence-electron chi connectivity index (χ1n) is 12.5. The van der Waals surface area contributed by atoms with Crippen LogP contribution in [0.5, 0.6) is 0 Å². The van der Waals surface area contributed by atoms with Gasteiger partial charge in [-0.25, -0.2) is 9.78 Å². The molecule has 2 aromatic heterocycles. The molecule has 2 aliphatic rings. The molecule has 1 amide bonds. The number of fused-ring (bicyclic) bond motifs is 3. The van der Waals surface area contributed by atoms with Gasteiger partial charge in [0.15, 0.2) is 0 Å². The summed E-state index contributed by atoms with van der Waals surface area (Å²) in [4.78, 5) is 31.0. The molecule has 1 aliphatic heterocycles. The van der Waals surface area contributed by atoms with Crippen molar-refractivity contribution >= 4 is 28.8 Å². The third-order valence-corrected chi connectivity index (χ3v) is 7.64. The molecule has 0 unspecified atom stereocenters. The topological polar surface area (TPSA) is 102 Å². The fourth-order valence-electron chi connectivity index (χ4n) is 5.79. The van der Waals surface area contributed by atoms with Crippen LogP contribution in [0.4, 0.5) is 10.5 Å². The SMILES string of the molecule is COC(=O)N1c2ccc3c(nc(CCn4cc(C)cn4)n3C3CCC(C(=O)O)CC3)c2CC[C@@H]1C. The largest absolute Gasteiger partial charge is 0.481 e. The van der Waals surface area contributed by atoms with Crippen molar-refractivity contribution in [1.29, 1.82) is 0 Å². The summed E-state index contributed by atoms with van der Waals surface area (Å²) < 4.78 is 9.35. The standard InChI is InChI=1S/C26H33N5O4/c1-16-14-27-29(15-16)13-12-23-28-24-20-9-4-17(2)30(26(34)35-3)21(20)10-11-22(24)31(23)19-7-5-18(6-8-19)25(32)33/h10-11,14-15,17-19H,4-9,12-13H2,1-3H3,(H,32,33)/t17-,18?,19?/m0/s1. The van der Waals surface area contributed by atoms with Crippen molar-refractivity contribution in [1.82, 2.24) is 19.3 Å². The number of hydrogen-bond acceptors (Lipinski definition) is 5. The number of methoxy groups -OCH3 is 1. The molecule has 9 heteroatoms. The molecular weight excluding hydrogens is 446 g/mol. The highest BCUT2D eigenvalue weighted by atomic mass is 16.5. The monoisotopic (exact) mass is 479 g/mol. The van der Waals surface area contributed by atoms with Crippen molar-refractivity contribution in [2.75, 3.05) is 12.0 Å². The Morgan fingerprint density at radius 2 is 1.94 bits per heavy atom. The number of aryl methyl sites for hydroxylation is 4. The summed E-state index contributed by atoms with van der Waals surface area (Å²) in [5.41, 5.74) is 5.08. The highest BCUT2D eigenvalue weighted by molar-refractivity contribution is 5.95. The molecule has 1 N–H and O–H groups in total. The Labute approximate surface area is 204 Å². The first kappa shape index (κ1) is 23.4. The molecule has 9 nitrogen and oxygen atoms in total. The zero-order chi connectivity index (χ0) is 24.7. The molecule has 186 valence electrons. The van der Waals surface area contributed by atoms with Crippen molar-refractivity contribution in [3.8, 4) is 0 Å². The summed E-state index contributed by atoms with van der Waals surface area (Å²) in [7, 11) is 1.42. The van der Waals surface area contributed by atoms with E-state index in [-0.39, 0.29) is 24.1 Å². The maximum Gasteiger partial charge on any atom is 0.414 e. The number of amides is 1. The van der Waals surface area contributed by atoms with Crippen LogP contribution in [-0.2, 0) is 28.9 Å². The van der Waals surface area contributed by atoms with E-state index >= 15 is 0 Å². The molecule has 1 fully saturated rings. The molecule has 0 bridgehead atoms. The molecule has 1 saturated carbocycles. The number of carbonyl (C=O) groups excluding carboxylic acids is 1. The van der Waals surface area contributed by atoms with Gasteiger partial charge in [0.2, 0.25) is 0 Å². The van der Waals surface area contributed by atoms with Gasteiger partial charge in [0.1, 0.15) is 5.82 Å². The number of carboxylic acids is 1. The number of carboxylic acid groups (broad SMARTS) is 1. The average molecular weight is 480 g/mol. The van der Waals surface area contributed by atoms with E-state index in [0.717, 1.165) is 72.3 Å². The summed E-state index contributed by atoms with van der Waals surface area (Å²) in [5, 5.41) is 13.9. The second-order valence-electron chi connectivity index (χ2n) is 9.93. The van der Waals surface area contributed by atoms with E-state index in [1.807, 2.05) is 37.0 Å². The van der Waals surface area contributed by atoms with Crippen LogP contribution in [0.15, 0.2) is 24.5 Å². The van der Waals surface area contributed by atoms with Crippen molar-refractivity contribution in [3.63, 3.8) is 0 Å². The Morgan fingerprint density at radius 1 is 1.17 bits per heavy atom. The van der Waals surface area contributed by atoms with Crippen molar-refractivity contribution in [3.05, 3.63) is 41.5 Å². The minimum Gasteiger partial charge on any atom is -0.481 e. The smallest absolute Gasteiger partial charge is 0.414 e. The lowest BCUT2D eigenvalue weighted by molar-refractivity contribution is -0.143. The second kappa shape index (κ2) is 9.36. The van der Waals surface area contributed by atoms with E-state index in [9.17, 15) is 14.7 Å². The first-order chi connectivity index (χ1) is 16.9. The molecular formula is C26H33N5O4. The number of anilines is 1. The normalized spacial score (nSPS) is 22.3. The van der Waals surface area contributed by atoms with Crippen LogP contribution >= 0.6 is 0 Å². The van der Waals surface area contributed by atoms with Crippen LogP contribution in [0.2, 0.25) is 0 Å². The highest BCUT2D eigenvalue weighted by Gasteiger charge is 2.33. The van der Waals surface area contributed by atoms with Gasteiger partial charge in [-0.15, -0.1) is 0 Å². The molecule has 0 radical (unpaired) electrons. The third kappa shape index (κ3) is 4.28. The Balaban J connectivity index is 1.56. The van der Waals surface area contributed by atoms with Crippen LogP contribution < -0.4 is 4.90 Å². The van der Waals surface area contributed by atoms with Gasteiger partial charge in [-0.3, -0.25) is 14.4 Å². The lowest BCUT2D eigenvalue weighted by Crippen LogP contribution is -2.42. The van der Waals surface area contributed by atoms with E-state index in [0.29, 0.717) is 12.8 Å². The quantitative estimate of drug-likeness (QED) is 0.578. The average Bonchev–Trinajstić information content (AvgIpc) is 3.45. The summed E-state index contributed by atoms with van der Waals surface area (Å²) >= 11 is 0. The van der Waals surface area contributed by atoms with Crippen LogP contribution in [0, 0.1) is 12.8 Å². The molecule has 0 spiro atoms. The fraction of sp³-hybridized carbons (Fsp3) is 0.538. The number of carbonyl (C=O) groups is 2. The molecule has 5 rings (SSSR count). The summed E-state index contributed by atoms with van der Waals surface area (Å²) in [6, 6.07) is 4.36. The number of rotatable bonds is 5. The Morgan fingerprint density at radius 3 is 2.60 bits per heavy atom. The van der Waals surface area contributed by atoms with Crippen LogP contribution in [0.25, 0.3) is 11.0 Å². The maximum atomic E-state index is 12.6. The predicted molar refractivity (Wildman–Crippen MR) is 132 cm³/mol. The summed E-state index contributed by atoms with van der Waals surface area (Å²) in [6.45, 7) is 4.79. The molecule has 1 aliphatic carbocycles. The van der Waals surface area contributed by atoms with Crippen LogP contribution in [0.3, 0.4) is 0 Å². The highest BCUT2D eigenvalue weighted by Crippen LogP contribution is 2.40. The fourth-order valence-corrected chi connectivity index (χ4v) is 5.79. The van der Waals surface area contributed by atoms with E-state index in [1.165, 1.54) is 7.11 Å². The maximum absolute atomic E-state index is 12.6. The van der Waals surface area contributed by atoms with Crippen LogP contribution in [0.1, 0.15) is 62.0 Å². The van der Waals surface area contributed by atoms with Crippen molar-refractivity contribution in [2.45, 2.75) is 77.4 Å². The molecule has 1 aromatic carbocycles. The van der Waals surface area contributed by atoms with Crippen LogP contribution in [-0.4, -0.2) is 49.7 Å². The van der Waals surface area contributed by atoms with Gasteiger partial charge in [0, 0.05) is 36.8 Å². The predicted octanol–water partition coefficient (Wildman–Crippen LogP) is 4.51. The van der Waals surface area contributed by atoms with Gasteiger partial charge >= 0.3 is 12.1 Å². The number of aliphatic carboxylic acids is 1. The molecule has 0 saturated heterocycles. The first-order valence-corrected chi connectivity index (χ1v) is 12.5. The zero-order valence-electron chi connectivity index (χ0n) is 20.6. The van der Waals surface area contributed by atoms with Gasteiger partial charge in [-0.05, 0) is 70.1 Å². The molecule has 3 aromatic rings. The zero-order valence-corrected chi connectivity index (χ0v) is 20.6. The molecule has 1 atom stereocenters. The Kier molecular flexibility index (Phi) is 6.25. The lowest BCUT2D eigenvalue weighted by Gasteiger charge is -2.34. The molecule has 3 heterocycles. The number of nitrogens with zero attached hydrogens (tertiary/aromatic N) is 5. The summed E-state index contributed by atoms with van der Waals surface area (Å²) in [5.74, 6) is 0.0299. The number of ether oxygens (including phenoxy) is 1. The lowest BCUT2D eigenvalue weighted by atomic mass is 9.86.